The Balaban J connectivity index is 3.09. The maximum Gasteiger partial charge on any atom is 0.573 e. The highest BCUT2D eigenvalue weighted by Gasteiger charge is 2.31. The van der Waals surface area contributed by atoms with Gasteiger partial charge in [0.25, 0.3) is 0 Å². The van der Waals surface area contributed by atoms with Crippen molar-refractivity contribution in [1.82, 2.24) is 0 Å². The van der Waals surface area contributed by atoms with Gasteiger partial charge in [0.1, 0.15) is 11.5 Å². The number of benzene rings is 1. The van der Waals surface area contributed by atoms with E-state index in [4.69, 9.17) is 10.5 Å². The lowest BCUT2D eigenvalue weighted by atomic mass is 10.1. The highest BCUT2D eigenvalue weighted by atomic mass is 19.4. The molecule has 0 heterocycles. The van der Waals surface area contributed by atoms with Crippen LogP contribution in [0.2, 0.25) is 0 Å². The van der Waals surface area contributed by atoms with Gasteiger partial charge in [-0.2, -0.15) is 0 Å². The summed E-state index contributed by atoms with van der Waals surface area (Å²) in [4.78, 5) is 11.4. The van der Waals surface area contributed by atoms with Crippen molar-refractivity contribution in [2.45, 2.75) is 6.36 Å². The summed E-state index contributed by atoms with van der Waals surface area (Å²) >= 11 is 0. The van der Waals surface area contributed by atoms with Gasteiger partial charge in [0.05, 0.1) is 19.2 Å². The third-order valence-electron chi connectivity index (χ3n) is 1.89. The summed E-state index contributed by atoms with van der Waals surface area (Å²) in [7, 11) is 1.30. The number of methoxy groups -OCH3 is 1. The van der Waals surface area contributed by atoms with Crippen LogP contribution in [0.25, 0.3) is 0 Å². The Labute approximate surface area is 95.1 Å². The molecular weight excluding hydrogens is 239 g/mol. The van der Waals surface area contributed by atoms with Crippen LogP contribution in [0, 0.1) is 0 Å². The van der Waals surface area contributed by atoms with Gasteiger partial charge in [-0.25, -0.2) is 0 Å². The van der Waals surface area contributed by atoms with E-state index in [-0.39, 0.29) is 17.9 Å². The molecular formula is C10H10F3NO3. The first-order valence-corrected chi connectivity index (χ1v) is 4.54. The number of hydrogen-bond donors (Lipinski definition) is 1. The van der Waals surface area contributed by atoms with Crippen LogP contribution in [0.4, 0.5) is 13.2 Å². The van der Waals surface area contributed by atoms with E-state index in [1.807, 2.05) is 0 Å². The van der Waals surface area contributed by atoms with E-state index in [9.17, 15) is 18.0 Å². The van der Waals surface area contributed by atoms with Gasteiger partial charge in [-0.3, -0.25) is 4.79 Å². The number of alkyl halides is 3. The maximum absolute atomic E-state index is 12.0. The molecule has 0 unspecified atom stereocenters. The molecule has 0 aliphatic rings. The van der Waals surface area contributed by atoms with E-state index in [0.717, 1.165) is 12.1 Å². The highest BCUT2D eigenvalue weighted by Crippen LogP contribution is 2.28. The maximum atomic E-state index is 12.0. The van der Waals surface area contributed by atoms with E-state index in [1.54, 1.807) is 0 Å². The molecule has 2 N–H and O–H groups in total. The minimum absolute atomic E-state index is 0.0447. The fraction of sp³-hybridized carbons (Fsp3) is 0.300. The highest BCUT2D eigenvalue weighted by molar-refractivity contribution is 6.00. The largest absolute Gasteiger partial charge is 0.573 e. The lowest BCUT2D eigenvalue weighted by Gasteiger charge is -2.12. The molecule has 1 aromatic carbocycles. The summed E-state index contributed by atoms with van der Waals surface area (Å²) in [6.07, 6.45) is -4.81. The van der Waals surface area contributed by atoms with Gasteiger partial charge in [-0.1, -0.05) is 0 Å². The van der Waals surface area contributed by atoms with Crippen molar-refractivity contribution in [3.8, 4) is 11.5 Å². The van der Waals surface area contributed by atoms with Crippen molar-refractivity contribution >= 4 is 5.78 Å². The Hall–Kier alpha value is -1.76. The Morgan fingerprint density at radius 2 is 2.06 bits per heavy atom. The zero-order valence-corrected chi connectivity index (χ0v) is 8.88. The van der Waals surface area contributed by atoms with Crippen LogP contribution in [0.3, 0.4) is 0 Å². The second-order valence-corrected chi connectivity index (χ2v) is 3.04. The predicted molar refractivity (Wildman–Crippen MR) is 53.1 cm³/mol. The minimum Gasteiger partial charge on any atom is -0.496 e. The summed E-state index contributed by atoms with van der Waals surface area (Å²) in [6, 6.07) is 3.21. The molecule has 0 fully saturated rings. The third-order valence-corrected chi connectivity index (χ3v) is 1.89. The molecule has 0 bridgehead atoms. The first kappa shape index (κ1) is 13.3. The molecule has 0 saturated carbocycles. The van der Waals surface area contributed by atoms with E-state index in [0.29, 0.717) is 0 Å². The van der Waals surface area contributed by atoms with E-state index < -0.39 is 17.9 Å². The number of hydrogen-bond acceptors (Lipinski definition) is 4. The number of carbonyl (C=O) groups excluding carboxylic acids is 1. The van der Waals surface area contributed by atoms with Crippen LogP contribution < -0.4 is 15.2 Å². The van der Waals surface area contributed by atoms with Gasteiger partial charge in [-0.15, -0.1) is 13.2 Å². The molecule has 0 spiro atoms. The van der Waals surface area contributed by atoms with Crippen molar-refractivity contribution < 1.29 is 27.4 Å². The smallest absolute Gasteiger partial charge is 0.496 e. The van der Waals surface area contributed by atoms with Crippen molar-refractivity contribution in [1.29, 1.82) is 0 Å². The summed E-state index contributed by atoms with van der Waals surface area (Å²) in [5, 5.41) is 0. The fourth-order valence-electron chi connectivity index (χ4n) is 1.21. The average Bonchev–Trinajstić information content (AvgIpc) is 2.25. The summed E-state index contributed by atoms with van der Waals surface area (Å²) < 4.78 is 44.5. The van der Waals surface area contributed by atoms with Crippen LogP contribution in [0.1, 0.15) is 10.4 Å². The van der Waals surface area contributed by atoms with Gasteiger partial charge in [0.15, 0.2) is 5.78 Å². The Morgan fingerprint density at radius 3 is 2.53 bits per heavy atom. The molecule has 0 amide bonds. The molecule has 17 heavy (non-hydrogen) atoms. The van der Waals surface area contributed by atoms with Gasteiger partial charge in [-0.05, 0) is 18.2 Å². The number of Topliss-reactive ketones (excluding diaryl/α,β-unsaturated/α-hetero) is 1. The Kier molecular flexibility index (Phi) is 3.95. The monoisotopic (exact) mass is 249 g/mol. The van der Waals surface area contributed by atoms with Crippen LogP contribution >= 0.6 is 0 Å². The Bertz CT molecular complexity index is 418. The minimum atomic E-state index is -4.81. The summed E-state index contributed by atoms with van der Waals surface area (Å²) in [5.74, 6) is -0.875. The van der Waals surface area contributed by atoms with Crippen LogP contribution in [-0.4, -0.2) is 25.8 Å². The molecule has 0 saturated heterocycles. The second-order valence-electron chi connectivity index (χ2n) is 3.04. The summed E-state index contributed by atoms with van der Waals surface area (Å²) in [5.41, 5.74) is 5.09. The molecule has 0 aromatic heterocycles. The standard InChI is InChI=1S/C10H10F3NO3/c1-16-9-3-2-6(17-10(11,12)13)4-7(9)8(15)5-14/h2-4H,5,14H2,1H3. The first-order chi connectivity index (χ1) is 7.87. The number of halogens is 3. The second kappa shape index (κ2) is 5.05. The van der Waals surface area contributed by atoms with Crippen LogP contribution in [0.15, 0.2) is 18.2 Å². The van der Waals surface area contributed by atoms with Gasteiger partial charge >= 0.3 is 6.36 Å². The first-order valence-electron chi connectivity index (χ1n) is 4.54. The average molecular weight is 249 g/mol. The molecule has 0 atom stereocenters. The third kappa shape index (κ3) is 3.63. The number of rotatable bonds is 4. The molecule has 1 rings (SSSR count). The predicted octanol–water partition coefficient (Wildman–Crippen LogP) is 1.74. The lowest BCUT2D eigenvalue weighted by Crippen LogP contribution is -2.18. The fourth-order valence-corrected chi connectivity index (χ4v) is 1.21. The number of ketones is 1. The molecule has 0 aliphatic heterocycles. The van der Waals surface area contributed by atoms with Gasteiger partial charge in [0.2, 0.25) is 0 Å². The molecule has 4 nitrogen and oxygen atoms in total. The summed E-state index contributed by atoms with van der Waals surface area (Å²) in [6.45, 7) is -0.328. The Morgan fingerprint density at radius 1 is 1.41 bits per heavy atom. The number of ether oxygens (including phenoxy) is 2. The van der Waals surface area contributed by atoms with E-state index in [2.05, 4.69) is 4.74 Å². The molecule has 94 valence electrons. The zero-order chi connectivity index (χ0) is 13.1. The molecule has 1 aromatic rings. The molecule has 0 aliphatic carbocycles. The van der Waals surface area contributed by atoms with Crippen LogP contribution in [-0.2, 0) is 0 Å². The van der Waals surface area contributed by atoms with Gasteiger partial charge in [0, 0.05) is 0 Å². The molecule has 0 radical (unpaired) electrons. The SMILES string of the molecule is COc1ccc(OC(F)(F)F)cc1C(=O)CN. The number of carbonyl (C=O) groups is 1. The van der Waals surface area contributed by atoms with E-state index >= 15 is 0 Å². The van der Waals surface area contributed by atoms with Crippen molar-refractivity contribution in [3.05, 3.63) is 23.8 Å². The topological polar surface area (TPSA) is 61.5 Å². The van der Waals surface area contributed by atoms with Crippen molar-refractivity contribution in [3.63, 3.8) is 0 Å². The quantitative estimate of drug-likeness (QED) is 0.825. The normalized spacial score (nSPS) is 11.1. The van der Waals surface area contributed by atoms with Crippen molar-refractivity contribution in [2.75, 3.05) is 13.7 Å². The molecule has 7 heteroatoms. The number of nitrogens with two attached hydrogens (primary N) is 1. The van der Waals surface area contributed by atoms with Gasteiger partial charge < -0.3 is 15.2 Å². The lowest BCUT2D eigenvalue weighted by molar-refractivity contribution is -0.274. The van der Waals surface area contributed by atoms with E-state index in [1.165, 1.54) is 13.2 Å². The van der Waals surface area contributed by atoms with Crippen molar-refractivity contribution in [2.24, 2.45) is 5.73 Å². The zero-order valence-electron chi connectivity index (χ0n) is 8.88. The van der Waals surface area contributed by atoms with Crippen LogP contribution in [0.5, 0.6) is 11.5 Å².